The van der Waals surface area contributed by atoms with Crippen molar-refractivity contribution in [3.8, 4) is 0 Å². The average molecular weight is 95.0 g/mol. The zero-order chi connectivity index (χ0) is 5.54. The molecule has 0 spiro atoms. The number of hydrogen-bond donors (Lipinski definition) is 1. The summed E-state index contributed by atoms with van der Waals surface area (Å²) in [6.07, 6.45) is 5.58. The molecule has 0 bridgehead atoms. The van der Waals surface area contributed by atoms with Crippen LogP contribution in [0.4, 0.5) is 0 Å². The third-order valence-electron chi connectivity index (χ3n) is 0.618. The Morgan fingerprint density at radius 3 is 2.86 bits per heavy atom. The van der Waals surface area contributed by atoms with Crippen LogP contribution < -0.4 is 5.32 Å². The van der Waals surface area contributed by atoms with Crippen molar-refractivity contribution in [3.63, 3.8) is 0 Å². The van der Waals surface area contributed by atoms with Gasteiger partial charge in [0.1, 0.15) is 0 Å². The van der Waals surface area contributed by atoms with Crippen LogP contribution in [0.25, 0.3) is 0 Å². The van der Waals surface area contributed by atoms with Gasteiger partial charge in [-0.1, -0.05) is 12.4 Å². The van der Waals surface area contributed by atoms with Crippen LogP contribution in [0.3, 0.4) is 0 Å². The molecule has 0 aliphatic carbocycles. The Morgan fingerprint density at radius 1 is 1.71 bits per heavy atom. The van der Waals surface area contributed by atoms with E-state index in [4.69, 9.17) is 7.85 Å². The highest BCUT2D eigenvalue weighted by Crippen LogP contribution is 1.82. The number of rotatable bonds is 3. The minimum Gasteiger partial charge on any atom is -0.394 e. The highest BCUT2D eigenvalue weighted by atomic mass is 14.8. The molecule has 0 rings (SSSR count). The maximum absolute atomic E-state index is 5.19. The van der Waals surface area contributed by atoms with E-state index < -0.39 is 0 Å². The Morgan fingerprint density at radius 2 is 2.43 bits per heavy atom. The second kappa shape index (κ2) is 5.60. The molecule has 0 saturated carbocycles. The van der Waals surface area contributed by atoms with Gasteiger partial charge in [0, 0.05) is 7.05 Å². The zero-order valence-electron chi connectivity index (χ0n) is 4.65. The molecule has 0 fully saturated rings. The van der Waals surface area contributed by atoms with E-state index in [1.807, 2.05) is 19.3 Å². The molecule has 0 unspecified atom stereocenters. The van der Waals surface area contributed by atoms with Gasteiger partial charge in [-0.2, -0.15) is 0 Å². The van der Waals surface area contributed by atoms with Gasteiger partial charge in [-0.15, -0.1) is 0 Å². The summed E-state index contributed by atoms with van der Waals surface area (Å²) >= 11 is 0. The molecule has 0 aromatic carbocycles. The van der Waals surface area contributed by atoms with E-state index >= 15 is 0 Å². The summed E-state index contributed by atoms with van der Waals surface area (Å²) < 4.78 is 0. The van der Waals surface area contributed by atoms with Crippen LogP contribution in [0.1, 0.15) is 6.42 Å². The molecule has 0 saturated heterocycles. The summed E-state index contributed by atoms with van der Waals surface area (Å²) in [5.74, 6) is 0. The normalized spacial score (nSPS) is 9.86. The quantitative estimate of drug-likeness (QED) is 0.508. The van der Waals surface area contributed by atoms with E-state index in [1.54, 1.807) is 0 Å². The van der Waals surface area contributed by atoms with Crippen LogP contribution in [0.2, 0.25) is 6.32 Å². The fourth-order valence-electron chi connectivity index (χ4n) is 0.297. The van der Waals surface area contributed by atoms with Crippen LogP contribution >= 0.6 is 0 Å². The molecular weight excluding hydrogens is 84.9 g/mol. The molecule has 1 nitrogen and oxygen atoms in total. The number of allylic oxidation sites excluding steroid dienone is 1. The van der Waals surface area contributed by atoms with Crippen molar-refractivity contribution in [3.05, 3.63) is 12.3 Å². The fraction of sp³-hybridized carbons (Fsp3) is 0.600. The lowest BCUT2D eigenvalue weighted by Crippen LogP contribution is -1.90. The van der Waals surface area contributed by atoms with E-state index in [2.05, 4.69) is 5.32 Å². The van der Waals surface area contributed by atoms with Crippen LogP contribution in [0, 0.1) is 0 Å². The second-order valence-electron chi connectivity index (χ2n) is 1.27. The van der Waals surface area contributed by atoms with Crippen LogP contribution in [-0.4, -0.2) is 14.9 Å². The topological polar surface area (TPSA) is 12.0 Å². The first-order valence-corrected chi connectivity index (χ1v) is 2.44. The van der Waals surface area contributed by atoms with Crippen LogP contribution in [-0.2, 0) is 0 Å². The van der Waals surface area contributed by atoms with Crippen LogP contribution in [0.5, 0.6) is 0 Å². The molecule has 0 atom stereocenters. The smallest absolute Gasteiger partial charge is 0.0657 e. The van der Waals surface area contributed by atoms with Crippen molar-refractivity contribution < 1.29 is 0 Å². The lowest BCUT2D eigenvalue weighted by molar-refractivity contribution is 1.07. The van der Waals surface area contributed by atoms with Gasteiger partial charge in [-0.05, 0) is 12.6 Å². The van der Waals surface area contributed by atoms with Gasteiger partial charge >= 0.3 is 0 Å². The van der Waals surface area contributed by atoms with Gasteiger partial charge in [-0.25, -0.2) is 0 Å². The fourth-order valence-corrected chi connectivity index (χ4v) is 0.297. The molecule has 1 N–H and O–H groups in total. The van der Waals surface area contributed by atoms with Gasteiger partial charge < -0.3 is 5.32 Å². The van der Waals surface area contributed by atoms with Crippen molar-refractivity contribution in [1.82, 2.24) is 5.32 Å². The Balaban J connectivity index is 2.78. The van der Waals surface area contributed by atoms with Gasteiger partial charge in [0.15, 0.2) is 0 Å². The summed E-state index contributed by atoms with van der Waals surface area (Å²) in [7, 11) is 7.06. The molecule has 0 amide bonds. The Labute approximate surface area is 46.2 Å². The SMILES string of the molecule is [B]CC/C=C/NC. The predicted molar refractivity (Wildman–Crippen MR) is 33.4 cm³/mol. The molecule has 0 aromatic rings. The average Bonchev–Trinajstić information content (AvgIpc) is 1.69. The van der Waals surface area contributed by atoms with Crippen molar-refractivity contribution >= 4 is 7.85 Å². The van der Waals surface area contributed by atoms with Gasteiger partial charge in [0.25, 0.3) is 0 Å². The third kappa shape index (κ3) is 5.60. The van der Waals surface area contributed by atoms with Crippen molar-refractivity contribution in [2.75, 3.05) is 7.05 Å². The van der Waals surface area contributed by atoms with Gasteiger partial charge in [0.2, 0.25) is 0 Å². The summed E-state index contributed by atoms with van der Waals surface area (Å²) in [6, 6.07) is 0. The maximum Gasteiger partial charge on any atom is 0.0657 e. The van der Waals surface area contributed by atoms with E-state index in [9.17, 15) is 0 Å². The van der Waals surface area contributed by atoms with E-state index in [0.29, 0.717) is 0 Å². The Bertz CT molecular complexity index is 52.0. The van der Waals surface area contributed by atoms with Crippen LogP contribution in [0.15, 0.2) is 12.3 Å². The molecule has 0 aliphatic heterocycles. The first-order valence-electron chi connectivity index (χ1n) is 2.44. The molecule has 2 heteroatoms. The highest BCUT2D eigenvalue weighted by Gasteiger charge is 1.67. The van der Waals surface area contributed by atoms with Crippen molar-refractivity contribution in [2.45, 2.75) is 12.7 Å². The first-order chi connectivity index (χ1) is 3.41. The number of nitrogens with one attached hydrogen (secondary N) is 1. The summed E-state index contributed by atoms with van der Waals surface area (Å²) in [5, 5.41) is 2.87. The largest absolute Gasteiger partial charge is 0.394 e. The van der Waals surface area contributed by atoms with E-state index in [-0.39, 0.29) is 0 Å². The summed E-state index contributed by atoms with van der Waals surface area (Å²) in [6.45, 7) is 0. The summed E-state index contributed by atoms with van der Waals surface area (Å²) in [4.78, 5) is 0. The maximum atomic E-state index is 5.19. The monoisotopic (exact) mass is 95.1 g/mol. The molecule has 0 aromatic heterocycles. The van der Waals surface area contributed by atoms with Crippen molar-refractivity contribution in [1.29, 1.82) is 0 Å². The molecule has 38 valence electrons. The predicted octanol–water partition coefficient (Wildman–Crippen LogP) is 0.696. The Kier molecular flexibility index (Phi) is 5.29. The molecule has 2 radical (unpaired) electrons. The minimum absolute atomic E-state index is 0.734. The van der Waals surface area contributed by atoms with E-state index in [0.717, 1.165) is 12.7 Å². The van der Waals surface area contributed by atoms with Crippen molar-refractivity contribution in [2.24, 2.45) is 0 Å². The van der Waals surface area contributed by atoms with Gasteiger partial charge in [-0.3, -0.25) is 0 Å². The first kappa shape index (κ1) is 6.60. The molecule has 0 heterocycles. The molecular formula is C5H10BN. The third-order valence-corrected chi connectivity index (χ3v) is 0.618. The molecule has 0 aliphatic rings. The molecule has 7 heavy (non-hydrogen) atoms. The second-order valence-corrected chi connectivity index (χ2v) is 1.27. The van der Waals surface area contributed by atoms with E-state index in [1.165, 1.54) is 0 Å². The standard InChI is InChI=1S/C5H10BN/c1-7-5-3-2-4-6/h3,5,7H,2,4H2,1H3/b5-3+. The Hall–Kier alpha value is -0.395. The van der Waals surface area contributed by atoms with Gasteiger partial charge in [0.05, 0.1) is 7.85 Å². The number of hydrogen-bond acceptors (Lipinski definition) is 1. The lowest BCUT2D eigenvalue weighted by Gasteiger charge is -1.83. The lowest BCUT2D eigenvalue weighted by atomic mass is 10.0. The zero-order valence-corrected chi connectivity index (χ0v) is 4.65. The summed E-state index contributed by atoms with van der Waals surface area (Å²) in [5.41, 5.74) is 0. The highest BCUT2D eigenvalue weighted by molar-refractivity contribution is 6.08. The minimum atomic E-state index is 0.734.